The van der Waals surface area contributed by atoms with E-state index in [-0.39, 0.29) is 11.9 Å². The lowest BCUT2D eigenvalue weighted by Gasteiger charge is -2.27. The monoisotopic (exact) mass is 384 g/mol. The Bertz CT molecular complexity index is 936. The number of hydrogen-bond acceptors (Lipinski definition) is 5. The number of aromatic amines is 1. The standard InChI is InChI=1S/C21H28N4O3/c1-15(2)10-11-24(14-17-9-6-12-28-17)18-19(22)25(21(27)23-20(18)26)13-16-7-4-3-5-8-16/h3-5,7-8,10,17H,6,9,11-14,22H2,1-2H3,(H,23,26,27)/t17-/m0/s1. The molecule has 1 fully saturated rings. The molecule has 0 spiro atoms. The Labute approximate surface area is 164 Å². The number of hydrogen-bond donors (Lipinski definition) is 2. The molecular formula is C21H28N4O3. The largest absolute Gasteiger partial charge is 0.383 e. The number of nitrogens with one attached hydrogen (secondary N) is 1. The van der Waals surface area contributed by atoms with Crippen molar-refractivity contribution in [2.45, 2.75) is 39.3 Å². The van der Waals surface area contributed by atoms with Gasteiger partial charge >= 0.3 is 5.69 Å². The molecule has 0 saturated carbocycles. The summed E-state index contributed by atoms with van der Waals surface area (Å²) in [5, 5.41) is 0. The van der Waals surface area contributed by atoms with Crippen LogP contribution in [-0.2, 0) is 11.3 Å². The molecule has 3 rings (SSSR count). The molecule has 2 heterocycles. The van der Waals surface area contributed by atoms with Gasteiger partial charge < -0.3 is 15.4 Å². The zero-order valence-corrected chi connectivity index (χ0v) is 16.5. The Morgan fingerprint density at radius 1 is 1.32 bits per heavy atom. The molecule has 1 aliphatic rings. The minimum Gasteiger partial charge on any atom is -0.383 e. The maximum atomic E-state index is 12.7. The fourth-order valence-electron chi connectivity index (χ4n) is 3.39. The first-order chi connectivity index (χ1) is 13.5. The smallest absolute Gasteiger partial charge is 0.330 e. The number of H-pyrrole nitrogens is 1. The van der Waals surface area contributed by atoms with Gasteiger partial charge in [0.05, 0.1) is 12.6 Å². The van der Waals surface area contributed by atoms with Crippen LogP contribution in [0.1, 0.15) is 32.3 Å². The van der Waals surface area contributed by atoms with Crippen LogP contribution in [0, 0.1) is 0 Å². The van der Waals surface area contributed by atoms with Crippen molar-refractivity contribution in [1.82, 2.24) is 9.55 Å². The van der Waals surface area contributed by atoms with Gasteiger partial charge in [-0.15, -0.1) is 0 Å². The molecule has 0 aliphatic carbocycles. The predicted molar refractivity (Wildman–Crippen MR) is 112 cm³/mol. The van der Waals surface area contributed by atoms with E-state index >= 15 is 0 Å². The lowest BCUT2D eigenvalue weighted by atomic mass is 10.2. The van der Waals surface area contributed by atoms with Gasteiger partial charge in [0.1, 0.15) is 11.5 Å². The number of nitrogen functional groups attached to an aromatic ring is 1. The summed E-state index contributed by atoms with van der Waals surface area (Å²) >= 11 is 0. The molecule has 7 nitrogen and oxygen atoms in total. The minimum absolute atomic E-state index is 0.0545. The van der Waals surface area contributed by atoms with E-state index in [0.717, 1.165) is 30.6 Å². The highest BCUT2D eigenvalue weighted by Crippen LogP contribution is 2.21. The zero-order valence-electron chi connectivity index (χ0n) is 16.5. The van der Waals surface area contributed by atoms with E-state index in [1.54, 1.807) is 0 Å². The molecule has 1 aromatic carbocycles. The van der Waals surface area contributed by atoms with Gasteiger partial charge in [-0.1, -0.05) is 42.0 Å². The zero-order chi connectivity index (χ0) is 20.1. The first kappa shape index (κ1) is 19.9. The van der Waals surface area contributed by atoms with E-state index in [9.17, 15) is 9.59 Å². The summed E-state index contributed by atoms with van der Waals surface area (Å²) in [6, 6.07) is 9.56. The van der Waals surface area contributed by atoms with Gasteiger partial charge in [-0.3, -0.25) is 14.3 Å². The average molecular weight is 384 g/mol. The fourth-order valence-corrected chi connectivity index (χ4v) is 3.39. The lowest BCUT2D eigenvalue weighted by molar-refractivity contribution is 0.116. The molecule has 1 aromatic heterocycles. The highest BCUT2D eigenvalue weighted by atomic mass is 16.5. The summed E-state index contributed by atoms with van der Waals surface area (Å²) in [6.45, 7) is 6.13. The van der Waals surface area contributed by atoms with Gasteiger partial charge in [0.25, 0.3) is 5.56 Å². The van der Waals surface area contributed by atoms with Crippen LogP contribution >= 0.6 is 0 Å². The van der Waals surface area contributed by atoms with Crippen molar-refractivity contribution in [3.05, 3.63) is 68.4 Å². The van der Waals surface area contributed by atoms with Gasteiger partial charge in [-0.25, -0.2) is 4.79 Å². The summed E-state index contributed by atoms with van der Waals surface area (Å²) < 4.78 is 7.17. The van der Waals surface area contributed by atoms with Crippen molar-refractivity contribution in [3.8, 4) is 0 Å². The number of aromatic nitrogens is 2. The van der Waals surface area contributed by atoms with Crippen LogP contribution in [0.25, 0.3) is 0 Å². The molecule has 0 bridgehead atoms. The molecule has 28 heavy (non-hydrogen) atoms. The number of allylic oxidation sites excluding steroid dienone is 1. The van der Waals surface area contributed by atoms with E-state index in [2.05, 4.69) is 4.98 Å². The van der Waals surface area contributed by atoms with Crippen molar-refractivity contribution >= 4 is 11.5 Å². The summed E-state index contributed by atoms with van der Waals surface area (Å²) in [4.78, 5) is 29.4. The molecule has 0 radical (unpaired) electrons. The number of nitrogens with zero attached hydrogens (tertiary/aromatic N) is 2. The summed E-state index contributed by atoms with van der Waals surface area (Å²) in [6.07, 6.45) is 4.06. The minimum atomic E-state index is -0.505. The first-order valence-corrected chi connectivity index (χ1v) is 9.62. The third kappa shape index (κ3) is 4.72. The quantitative estimate of drug-likeness (QED) is 0.713. The average Bonchev–Trinajstić information content (AvgIpc) is 3.17. The second-order valence-electron chi connectivity index (χ2n) is 7.39. The maximum Gasteiger partial charge on any atom is 0.330 e. The number of ether oxygens (including phenoxy) is 1. The maximum absolute atomic E-state index is 12.7. The number of benzene rings is 1. The van der Waals surface area contributed by atoms with Crippen molar-refractivity contribution in [2.24, 2.45) is 0 Å². The van der Waals surface area contributed by atoms with Crippen molar-refractivity contribution in [1.29, 1.82) is 0 Å². The third-order valence-electron chi connectivity index (χ3n) is 4.88. The molecule has 3 N–H and O–H groups in total. The Morgan fingerprint density at radius 2 is 2.07 bits per heavy atom. The van der Waals surface area contributed by atoms with Gasteiger partial charge in [-0.05, 0) is 32.3 Å². The third-order valence-corrected chi connectivity index (χ3v) is 4.88. The van der Waals surface area contributed by atoms with E-state index < -0.39 is 11.2 Å². The van der Waals surface area contributed by atoms with Crippen molar-refractivity contribution < 1.29 is 4.74 Å². The molecule has 1 aliphatic heterocycles. The van der Waals surface area contributed by atoms with Gasteiger partial charge in [0, 0.05) is 19.7 Å². The van der Waals surface area contributed by atoms with Crippen LogP contribution in [0.15, 0.2) is 51.6 Å². The van der Waals surface area contributed by atoms with Crippen LogP contribution in [0.4, 0.5) is 11.5 Å². The molecule has 2 aromatic rings. The van der Waals surface area contributed by atoms with Crippen LogP contribution in [0.2, 0.25) is 0 Å². The fraction of sp³-hybridized carbons (Fsp3) is 0.429. The Kier molecular flexibility index (Phi) is 6.36. The number of anilines is 2. The van der Waals surface area contributed by atoms with Gasteiger partial charge in [0.15, 0.2) is 0 Å². The molecule has 0 amide bonds. The molecule has 150 valence electrons. The van der Waals surface area contributed by atoms with E-state index in [1.165, 1.54) is 4.57 Å². The van der Waals surface area contributed by atoms with Crippen LogP contribution in [0.5, 0.6) is 0 Å². The van der Waals surface area contributed by atoms with Crippen LogP contribution < -0.4 is 21.9 Å². The Morgan fingerprint density at radius 3 is 2.71 bits per heavy atom. The second-order valence-corrected chi connectivity index (χ2v) is 7.39. The molecular weight excluding hydrogens is 356 g/mol. The van der Waals surface area contributed by atoms with Crippen LogP contribution in [0.3, 0.4) is 0 Å². The highest BCUT2D eigenvalue weighted by Gasteiger charge is 2.24. The van der Waals surface area contributed by atoms with Crippen molar-refractivity contribution in [3.63, 3.8) is 0 Å². The number of nitrogens with two attached hydrogens (primary N) is 1. The van der Waals surface area contributed by atoms with Gasteiger partial charge in [-0.2, -0.15) is 0 Å². The lowest BCUT2D eigenvalue weighted by Crippen LogP contribution is -2.41. The summed E-state index contributed by atoms with van der Waals surface area (Å²) in [7, 11) is 0. The topological polar surface area (TPSA) is 93.3 Å². The predicted octanol–water partition coefficient (Wildman–Crippen LogP) is 2.12. The molecule has 1 saturated heterocycles. The second kappa shape index (κ2) is 8.93. The molecule has 7 heteroatoms. The SMILES string of the molecule is CC(C)=CCN(C[C@@H]1CCCO1)c1c(N)n(Cc2ccccc2)c(=O)[nH]c1=O. The van der Waals surface area contributed by atoms with Crippen molar-refractivity contribution in [2.75, 3.05) is 30.3 Å². The highest BCUT2D eigenvalue weighted by molar-refractivity contribution is 5.63. The Hall–Kier alpha value is -2.80. The van der Waals surface area contributed by atoms with Crippen LogP contribution in [-0.4, -0.2) is 35.4 Å². The first-order valence-electron chi connectivity index (χ1n) is 9.62. The van der Waals surface area contributed by atoms with Gasteiger partial charge in [0.2, 0.25) is 0 Å². The summed E-state index contributed by atoms with van der Waals surface area (Å²) in [5.41, 5.74) is 7.78. The Balaban J connectivity index is 2.00. The van der Waals surface area contributed by atoms with E-state index in [4.69, 9.17) is 10.5 Å². The van der Waals surface area contributed by atoms with E-state index in [0.29, 0.717) is 25.3 Å². The van der Waals surface area contributed by atoms with E-state index in [1.807, 2.05) is 55.2 Å². The molecule has 0 unspecified atom stereocenters. The number of rotatable bonds is 7. The summed E-state index contributed by atoms with van der Waals surface area (Å²) in [5.74, 6) is 0.178. The molecule has 1 atom stereocenters. The normalized spacial score (nSPS) is 16.1.